The molecule has 2 aromatic heterocycles. The number of hydrogen-bond donors (Lipinski definition) is 1. The zero-order valence-electron chi connectivity index (χ0n) is 19.1. The molecular weight excluding hydrogens is 446 g/mol. The Kier molecular flexibility index (Phi) is 5.67. The van der Waals surface area contributed by atoms with E-state index in [9.17, 15) is 9.59 Å². The summed E-state index contributed by atoms with van der Waals surface area (Å²) in [5, 5.41) is 12.8. The number of fused-ring (bicyclic) bond motifs is 3. The van der Waals surface area contributed by atoms with Gasteiger partial charge in [0, 0.05) is 5.69 Å². The third kappa shape index (κ3) is 3.97. The van der Waals surface area contributed by atoms with Gasteiger partial charge in [-0.15, -0.1) is 10.2 Å². The van der Waals surface area contributed by atoms with Gasteiger partial charge in [0.2, 0.25) is 11.7 Å². The first-order chi connectivity index (χ1) is 16.4. The van der Waals surface area contributed by atoms with E-state index in [-0.39, 0.29) is 17.2 Å². The molecule has 170 valence electrons. The molecule has 0 spiro atoms. The first kappa shape index (κ1) is 21.9. The van der Waals surface area contributed by atoms with Crippen molar-refractivity contribution in [1.29, 1.82) is 0 Å². The summed E-state index contributed by atoms with van der Waals surface area (Å²) in [6.07, 6.45) is 0. The quantitative estimate of drug-likeness (QED) is 0.378. The van der Waals surface area contributed by atoms with E-state index >= 15 is 0 Å². The summed E-state index contributed by atoms with van der Waals surface area (Å²) >= 11 is 1.28. The van der Waals surface area contributed by atoms with E-state index in [0.717, 1.165) is 28.1 Å². The van der Waals surface area contributed by atoms with Crippen LogP contribution in [0.25, 0.3) is 22.4 Å². The van der Waals surface area contributed by atoms with Crippen LogP contribution in [-0.4, -0.2) is 30.8 Å². The lowest BCUT2D eigenvalue weighted by Crippen LogP contribution is -2.22. The third-order valence-electron chi connectivity index (χ3n) is 5.59. The zero-order chi connectivity index (χ0) is 23.8. The third-order valence-corrected chi connectivity index (χ3v) is 6.52. The maximum atomic E-state index is 13.4. The molecule has 34 heavy (non-hydrogen) atoms. The second kappa shape index (κ2) is 8.79. The van der Waals surface area contributed by atoms with E-state index < -0.39 is 0 Å². The largest absolute Gasteiger partial charge is 0.325 e. The predicted octanol–water partition coefficient (Wildman–Crippen LogP) is 4.69. The van der Waals surface area contributed by atoms with Crippen molar-refractivity contribution in [1.82, 2.24) is 19.2 Å². The van der Waals surface area contributed by atoms with Gasteiger partial charge >= 0.3 is 0 Å². The Morgan fingerprint density at radius 1 is 0.941 bits per heavy atom. The van der Waals surface area contributed by atoms with Gasteiger partial charge in [0.25, 0.3) is 5.56 Å². The maximum Gasteiger partial charge on any atom is 0.267 e. The summed E-state index contributed by atoms with van der Waals surface area (Å²) < 4.78 is 3.43. The lowest BCUT2D eigenvalue weighted by molar-refractivity contribution is -0.113. The van der Waals surface area contributed by atoms with Crippen molar-refractivity contribution in [3.8, 4) is 5.69 Å². The van der Waals surface area contributed by atoms with Crippen LogP contribution < -0.4 is 10.9 Å². The summed E-state index contributed by atoms with van der Waals surface area (Å²) in [5.74, 6) is 0.435. The molecule has 1 N–H and O–H groups in total. The van der Waals surface area contributed by atoms with Gasteiger partial charge in [-0.1, -0.05) is 48.2 Å². The number of nitrogens with zero attached hydrogens (tertiary/aromatic N) is 4. The molecule has 0 saturated heterocycles. The molecule has 0 atom stereocenters. The molecule has 1 amide bonds. The number of rotatable bonds is 5. The molecule has 0 saturated carbocycles. The summed E-state index contributed by atoms with van der Waals surface area (Å²) in [6, 6.07) is 21.0. The Morgan fingerprint density at radius 2 is 1.65 bits per heavy atom. The van der Waals surface area contributed by atoms with Crippen LogP contribution in [0.1, 0.15) is 16.7 Å². The lowest BCUT2D eigenvalue weighted by Gasteiger charge is -2.13. The molecule has 0 fully saturated rings. The van der Waals surface area contributed by atoms with Crippen LogP contribution in [0.5, 0.6) is 0 Å². The number of thioether (sulfide) groups is 1. The number of aryl methyl sites for hydroxylation is 3. The molecule has 7 nitrogen and oxygen atoms in total. The highest BCUT2D eigenvalue weighted by molar-refractivity contribution is 7.99. The van der Waals surface area contributed by atoms with Crippen LogP contribution in [0.15, 0.2) is 76.7 Å². The number of anilines is 1. The smallest absolute Gasteiger partial charge is 0.267 e. The van der Waals surface area contributed by atoms with E-state index in [2.05, 4.69) is 21.6 Å². The van der Waals surface area contributed by atoms with Crippen LogP contribution in [0, 0.1) is 20.8 Å². The molecule has 5 aromatic rings. The van der Waals surface area contributed by atoms with Gasteiger partial charge in [-0.25, -0.2) is 4.57 Å². The summed E-state index contributed by atoms with van der Waals surface area (Å²) in [7, 11) is 0. The standard InChI is InChI=1S/C26H23N5O2S/c1-16-12-17(2)14-19(13-16)27-23(32)15-34-26-29-28-25-30(21-10-6-4-8-18(21)3)24(33)20-9-5-7-11-22(20)31(25)26/h4-14H,15H2,1-3H3,(H,27,32). The monoisotopic (exact) mass is 469 g/mol. The van der Waals surface area contributed by atoms with Crippen molar-refractivity contribution in [2.24, 2.45) is 0 Å². The van der Waals surface area contributed by atoms with Gasteiger partial charge in [-0.3, -0.25) is 14.0 Å². The zero-order valence-corrected chi connectivity index (χ0v) is 19.9. The average Bonchev–Trinajstić information content (AvgIpc) is 3.22. The Morgan fingerprint density at radius 3 is 2.41 bits per heavy atom. The van der Waals surface area contributed by atoms with E-state index in [4.69, 9.17) is 0 Å². The van der Waals surface area contributed by atoms with E-state index in [1.807, 2.05) is 79.8 Å². The fraction of sp³-hybridized carbons (Fsp3) is 0.154. The number of carbonyl (C=O) groups is 1. The molecule has 0 aliphatic heterocycles. The molecule has 5 rings (SSSR count). The van der Waals surface area contributed by atoms with Crippen LogP contribution in [0.3, 0.4) is 0 Å². The number of nitrogens with one attached hydrogen (secondary N) is 1. The van der Waals surface area contributed by atoms with Crippen LogP contribution in [0.4, 0.5) is 5.69 Å². The molecule has 8 heteroatoms. The van der Waals surface area contributed by atoms with E-state index in [1.54, 1.807) is 10.6 Å². The minimum atomic E-state index is -0.158. The SMILES string of the molecule is Cc1cc(C)cc(NC(=O)CSc2nnc3n(-c4ccccc4C)c(=O)c4ccccc4n23)c1. The van der Waals surface area contributed by atoms with Crippen molar-refractivity contribution in [3.63, 3.8) is 0 Å². The molecule has 2 heterocycles. The van der Waals surface area contributed by atoms with Crippen molar-refractivity contribution in [3.05, 3.63) is 93.8 Å². The molecule has 0 radical (unpaired) electrons. The molecule has 3 aromatic carbocycles. The van der Waals surface area contributed by atoms with Gasteiger partial charge < -0.3 is 5.32 Å². The Hall–Kier alpha value is -3.91. The first-order valence-electron chi connectivity index (χ1n) is 10.9. The first-order valence-corrected chi connectivity index (χ1v) is 11.9. The number of hydrogen-bond acceptors (Lipinski definition) is 5. The van der Waals surface area contributed by atoms with Gasteiger partial charge in [-0.05, 0) is 67.8 Å². The normalized spacial score (nSPS) is 11.3. The fourth-order valence-corrected chi connectivity index (χ4v) is 4.92. The van der Waals surface area contributed by atoms with Gasteiger partial charge in [0.15, 0.2) is 5.16 Å². The topological polar surface area (TPSA) is 81.3 Å². The van der Waals surface area contributed by atoms with Crippen LogP contribution >= 0.6 is 11.8 Å². The van der Waals surface area contributed by atoms with Gasteiger partial charge in [0.1, 0.15) is 0 Å². The number of para-hydroxylation sites is 2. The summed E-state index contributed by atoms with van der Waals surface area (Å²) in [6.45, 7) is 5.95. The fourth-order valence-electron chi connectivity index (χ4n) is 4.18. The molecule has 0 aliphatic carbocycles. The molecular formula is C26H23N5O2S. The van der Waals surface area contributed by atoms with E-state index in [0.29, 0.717) is 21.8 Å². The minimum Gasteiger partial charge on any atom is -0.325 e. The minimum absolute atomic E-state index is 0.136. The van der Waals surface area contributed by atoms with Crippen molar-refractivity contribution in [2.75, 3.05) is 11.1 Å². The van der Waals surface area contributed by atoms with Crippen molar-refractivity contribution in [2.45, 2.75) is 25.9 Å². The second-order valence-electron chi connectivity index (χ2n) is 8.28. The molecule has 0 unspecified atom stereocenters. The highest BCUT2D eigenvalue weighted by atomic mass is 32.2. The number of amides is 1. The number of carbonyl (C=O) groups excluding carboxylic acids is 1. The predicted molar refractivity (Wildman–Crippen MR) is 136 cm³/mol. The van der Waals surface area contributed by atoms with Gasteiger partial charge in [-0.2, -0.15) is 0 Å². The second-order valence-corrected chi connectivity index (χ2v) is 9.22. The summed E-state index contributed by atoms with van der Waals surface area (Å²) in [4.78, 5) is 26.1. The Labute approximate surface area is 200 Å². The average molecular weight is 470 g/mol. The van der Waals surface area contributed by atoms with Gasteiger partial charge in [0.05, 0.1) is 22.3 Å². The number of aromatic nitrogens is 4. The Bertz CT molecular complexity index is 1600. The van der Waals surface area contributed by atoms with Crippen molar-refractivity contribution < 1.29 is 4.79 Å². The maximum absolute atomic E-state index is 13.4. The summed E-state index contributed by atoms with van der Waals surface area (Å²) in [5.41, 5.74) is 5.20. The molecule has 0 aliphatic rings. The Balaban J connectivity index is 1.55. The van der Waals surface area contributed by atoms with Crippen molar-refractivity contribution >= 4 is 40.0 Å². The molecule has 0 bridgehead atoms. The van der Waals surface area contributed by atoms with E-state index in [1.165, 1.54) is 11.8 Å². The highest BCUT2D eigenvalue weighted by Crippen LogP contribution is 2.24. The number of benzene rings is 3. The lowest BCUT2D eigenvalue weighted by atomic mass is 10.1. The highest BCUT2D eigenvalue weighted by Gasteiger charge is 2.19. The van der Waals surface area contributed by atoms with Crippen LogP contribution in [0.2, 0.25) is 0 Å². The van der Waals surface area contributed by atoms with Crippen LogP contribution in [-0.2, 0) is 4.79 Å².